The summed E-state index contributed by atoms with van der Waals surface area (Å²) < 4.78 is 5.31. The van der Waals surface area contributed by atoms with Crippen molar-refractivity contribution in [3.63, 3.8) is 0 Å². The molecule has 1 aliphatic rings. The van der Waals surface area contributed by atoms with Crippen molar-refractivity contribution in [2.75, 3.05) is 38.2 Å². The molecule has 110 valence electrons. The maximum absolute atomic E-state index is 5.40. The number of benzene rings is 1. The van der Waals surface area contributed by atoms with Crippen molar-refractivity contribution in [2.45, 2.75) is 20.3 Å². The molecule has 0 unspecified atom stereocenters. The van der Waals surface area contributed by atoms with E-state index < -0.39 is 0 Å². The van der Waals surface area contributed by atoms with E-state index in [-0.39, 0.29) is 0 Å². The average Bonchev–Trinajstić information content (AvgIpc) is 2.43. The largest absolute Gasteiger partial charge is 0.379 e. The lowest BCUT2D eigenvalue weighted by molar-refractivity contribution is 0.0127. The van der Waals surface area contributed by atoms with Gasteiger partial charge in [-0.25, -0.2) is 5.01 Å². The number of nitrogens with zero attached hydrogens (tertiary/aromatic N) is 1. The Morgan fingerprint density at radius 1 is 1.30 bits per heavy atom. The zero-order chi connectivity index (χ0) is 14.4. The molecule has 0 spiro atoms. The third kappa shape index (κ3) is 4.83. The Hall–Kier alpha value is -1.01. The summed E-state index contributed by atoms with van der Waals surface area (Å²) in [6, 6.07) is 6.35. The first-order chi connectivity index (χ1) is 9.65. The lowest BCUT2D eigenvalue weighted by atomic mass is 10.1. The Balaban J connectivity index is 1.72. The molecule has 1 heterocycles. The summed E-state index contributed by atoms with van der Waals surface area (Å²) in [7, 11) is 0. The van der Waals surface area contributed by atoms with Gasteiger partial charge in [0.05, 0.1) is 18.2 Å². The SMILES string of the molecule is Cc1ccc(NC(=S)CCNN2CCOCC2)c(C)c1. The molecule has 0 radical (unpaired) electrons. The highest BCUT2D eigenvalue weighted by molar-refractivity contribution is 7.80. The van der Waals surface area contributed by atoms with E-state index in [1.54, 1.807) is 0 Å². The average molecular weight is 293 g/mol. The van der Waals surface area contributed by atoms with E-state index in [9.17, 15) is 0 Å². The molecule has 0 amide bonds. The van der Waals surface area contributed by atoms with Gasteiger partial charge in [0.1, 0.15) is 0 Å². The van der Waals surface area contributed by atoms with Crippen molar-refractivity contribution in [3.8, 4) is 0 Å². The number of hydrogen-bond donors (Lipinski definition) is 2. The normalized spacial score (nSPS) is 16.1. The zero-order valence-corrected chi connectivity index (χ0v) is 13.1. The van der Waals surface area contributed by atoms with Gasteiger partial charge in [-0.1, -0.05) is 29.9 Å². The van der Waals surface area contributed by atoms with Crippen LogP contribution >= 0.6 is 12.2 Å². The van der Waals surface area contributed by atoms with Crippen LogP contribution in [0, 0.1) is 13.8 Å². The Bertz CT molecular complexity index is 458. The van der Waals surface area contributed by atoms with Gasteiger partial charge in [-0.3, -0.25) is 5.43 Å². The number of aryl methyl sites for hydroxylation is 2. The summed E-state index contributed by atoms with van der Waals surface area (Å²) in [6.07, 6.45) is 0.833. The van der Waals surface area contributed by atoms with Crippen molar-refractivity contribution in [3.05, 3.63) is 29.3 Å². The van der Waals surface area contributed by atoms with E-state index in [4.69, 9.17) is 17.0 Å². The topological polar surface area (TPSA) is 36.5 Å². The quantitative estimate of drug-likeness (QED) is 0.815. The summed E-state index contributed by atoms with van der Waals surface area (Å²) in [5.74, 6) is 0. The van der Waals surface area contributed by atoms with Crippen LogP contribution in [0.15, 0.2) is 18.2 Å². The minimum absolute atomic E-state index is 0.804. The van der Waals surface area contributed by atoms with Crippen molar-refractivity contribution in [1.29, 1.82) is 0 Å². The van der Waals surface area contributed by atoms with E-state index in [1.807, 2.05) is 0 Å². The number of morpholine rings is 1. The number of hydrogen-bond acceptors (Lipinski definition) is 4. The van der Waals surface area contributed by atoms with Crippen LogP contribution in [0.25, 0.3) is 0 Å². The Kier molecular flexibility index (Phi) is 5.91. The Morgan fingerprint density at radius 2 is 2.05 bits per heavy atom. The van der Waals surface area contributed by atoms with Crippen LogP contribution in [-0.4, -0.2) is 42.8 Å². The third-order valence-electron chi connectivity index (χ3n) is 3.35. The summed E-state index contributed by atoms with van der Waals surface area (Å²) in [5, 5.41) is 5.52. The zero-order valence-electron chi connectivity index (χ0n) is 12.2. The molecule has 0 bridgehead atoms. The van der Waals surface area contributed by atoms with Gasteiger partial charge in [-0.2, -0.15) is 0 Å². The van der Waals surface area contributed by atoms with Crippen molar-refractivity contribution in [2.24, 2.45) is 0 Å². The van der Waals surface area contributed by atoms with E-state index in [1.165, 1.54) is 11.1 Å². The fourth-order valence-electron chi connectivity index (χ4n) is 2.22. The summed E-state index contributed by atoms with van der Waals surface area (Å²) in [5.41, 5.74) is 6.99. The summed E-state index contributed by atoms with van der Waals surface area (Å²) >= 11 is 5.40. The molecule has 1 aromatic rings. The van der Waals surface area contributed by atoms with Gasteiger partial charge >= 0.3 is 0 Å². The van der Waals surface area contributed by atoms with Crippen molar-refractivity contribution < 1.29 is 4.74 Å². The summed E-state index contributed by atoms with van der Waals surface area (Å²) in [4.78, 5) is 0.873. The molecule has 0 atom stereocenters. The second-order valence-electron chi connectivity index (χ2n) is 5.12. The maximum Gasteiger partial charge on any atom is 0.0810 e. The van der Waals surface area contributed by atoms with E-state index >= 15 is 0 Å². The van der Waals surface area contributed by atoms with Gasteiger partial charge in [-0.05, 0) is 25.5 Å². The number of anilines is 1. The van der Waals surface area contributed by atoms with Crippen molar-refractivity contribution in [1.82, 2.24) is 10.4 Å². The monoisotopic (exact) mass is 293 g/mol. The smallest absolute Gasteiger partial charge is 0.0810 e. The number of hydrazine groups is 1. The molecule has 1 aliphatic heterocycles. The molecule has 4 nitrogen and oxygen atoms in total. The molecule has 1 fully saturated rings. The van der Waals surface area contributed by atoms with E-state index in [0.29, 0.717) is 0 Å². The molecule has 1 saturated heterocycles. The standard InChI is InChI=1S/C15H23N3OS/c1-12-3-4-14(13(2)11-12)17-15(20)5-6-16-18-7-9-19-10-8-18/h3-4,11,16H,5-10H2,1-2H3,(H,17,20). The molecule has 5 heteroatoms. The van der Waals surface area contributed by atoms with Gasteiger partial charge < -0.3 is 10.1 Å². The van der Waals surface area contributed by atoms with Crippen LogP contribution in [0.2, 0.25) is 0 Å². The van der Waals surface area contributed by atoms with E-state index in [2.05, 4.69) is 47.8 Å². The Labute approximate surface area is 126 Å². The second-order valence-corrected chi connectivity index (χ2v) is 5.62. The van der Waals surface area contributed by atoms with Crippen molar-refractivity contribution >= 4 is 22.9 Å². The molecule has 0 aromatic heterocycles. The lowest BCUT2D eigenvalue weighted by Crippen LogP contribution is -2.46. The van der Waals surface area contributed by atoms with Gasteiger partial charge in [0.2, 0.25) is 0 Å². The second kappa shape index (κ2) is 7.69. The predicted octanol–water partition coefficient (Wildman–Crippen LogP) is 2.27. The molecule has 0 saturated carbocycles. The fraction of sp³-hybridized carbons (Fsp3) is 0.533. The Morgan fingerprint density at radius 3 is 2.75 bits per heavy atom. The molecular weight excluding hydrogens is 270 g/mol. The highest BCUT2D eigenvalue weighted by atomic mass is 32.1. The fourth-order valence-corrected chi connectivity index (χ4v) is 2.43. The van der Waals surface area contributed by atoms with Crippen LogP contribution in [0.3, 0.4) is 0 Å². The van der Waals surface area contributed by atoms with Gasteiger partial charge in [0.25, 0.3) is 0 Å². The molecule has 1 aromatic carbocycles. The molecule has 20 heavy (non-hydrogen) atoms. The van der Waals surface area contributed by atoms with Crippen LogP contribution in [0.5, 0.6) is 0 Å². The van der Waals surface area contributed by atoms with Crippen LogP contribution < -0.4 is 10.7 Å². The van der Waals surface area contributed by atoms with Gasteiger partial charge in [0, 0.05) is 31.7 Å². The number of nitrogens with one attached hydrogen (secondary N) is 2. The first-order valence-corrected chi connectivity index (χ1v) is 7.49. The minimum Gasteiger partial charge on any atom is -0.379 e. The molecule has 2 N–H and O–H groups in total. The maximum atomic E-state index is 5.40. The molecular formula is C15H23N3OS. The third-order valence-corrected chi connectivity index (χ3v) is 3.66. The molecule has 0 aliphatic carbocycles. The van der Waals surface area contributed by atoms with E-state index in [0.717, 1.165) is 49.9 Å². The predicted molar refractivity (Wildman–Crippen MR) is 87.1 cm³/mol. The summed E-state index contributed by atoms with van der Waals surface area (Å²) in [6.45, 7) is 8.55. The number of rotatable bonds is 5. The first kappa shape index (κ1) is 15.4. The van der Waals surface area contributed by atoms with Crippen LogP contribution in [0.4, 0.5) is 5.69 Å². The van der Waals surface area contributed by atoms with Gasteiger partial charge in [0.15, 0.2) is 0 Å². The minimum atomic E-state index is 0.804. The lowest BCUT2D eigenvalue weighted by Gasteiger charge is -2.27. The van der Waals surface area contributed by atoms with Crippen LogP contribution in [0.1, 0.15) is 17.5 Å². The highest BCUT2D eigenvalue weighted by Crippen LogP contribution is 2.16. The molecule has 2 rings (SSSR count). The first-order valence-electron chi connectivity index (χ1n) is 7.08. The highest BCUT2D eigenvalue weighted by Gasteiger charge is 2.09. The van der Waals surface area contributed by atoms with Crippen LogP contribution in [-0.2, 0) is 4.74 Å². The van der Waals surface area contributed by atoms with Gasteiger partial charge in [-0.15, -0.1) is 0 Å². The number of thiocarbonyl (C=S) groups is 1. The number of ether oxygens (including phenoxy) is 1.